The summed E-state index contributed by atoms with van der Waals surface area (Å²) in [5.74, 6) is 2.48. The standard InChI is InChI=1S/C17H22O.C5H8O.C2H6/c1-3-13-9-16(13)15-10-14(6-5-12(15)2)17(11-18)7-4-8-17;1-4(6)5-2-3-5;1-2/h5-6,10-11,13,16H,3-4,7-9H2,1-2H3;5H,2-3H2,1H3;1-2H3. The van der Waals surface area contributed by atoms with Crippen molar-refractivity contribution in [3.63, 3.8) is 0 Å². The highest BCUT2D eigenvalue weighted by Crippen LogP contribution is 2.51. The fourth-order valence-corrected chi connectivity index (χ4v) is 3.95. The van der Waals surface area contributed by atoms with Gasteiger partial charge < -0.3 is 4.79 Å². The number of hydrogen-bond acceptors (Lipinski definition) is 2. The van der Waals surface area contributed by atoms with E-state index in [1.54, 1.807) is 6.92 Å². The van der Waals surface area contributed by atoms with Crippen LogP contribution < -0.4 is 0 Å². The van der Waals surface area contributed by atoms with Crippen LogP contribution in [0.4, 0.5) is 0 Å². The third kappa shape index (κ3) is 4.64. The van der Waals surface area contributed by atoms with E-state index < -0.39 is 0 Å². The molecule has 0 aromatic heterocycles. The van der Waals surface area contributed by atoms with Crippen LogP contribution in [0.5, 0.6) is 0 Å². The van der Waals surface area contributed by atoms with Gasteiger partial charge in [0.1, 0.15) is 12.1 Å². The van der Waals surface area contributed by atoms with Gasteiger partial charge in [-0.3, -0.25) is 4.79 Å². The summed E-state index contributed by atoms with van der Waals surface area (Å²) in [6.07, 6.45) is 9.40. The molecule has 0 aliphatic heterocycles. The lowest BCUT2D eigenvalue weighted by molar-refractivity contribution is -0.118. The second-order valence-corrected chi connectivity index (χ2v) is 8.09. The van der Waals surface area contributed by atoms with Crippen molar-refractivity contribution in [1.82, 2.24) is 0 Å². The number of benzene rings is 1. The fraction of sp³-hybridized carbons (Fsp3) is 0.667. The minimum Gasteiger partial charge on any atom is -0.302 e. The number of rotatable bonds is 5. The van der Waals surface area contributed by atoms with Crippen molar-refractivity contribution < 1.29 is 9.59 Å². The lowest BCUT2D eigenvalue weighted by atomic mass is 9.65. The SMILES string of the molecule is CC.CC(=O)C1CC1.CCC1CC1c1cc(C2(C=O)CCC2)ccc1C. The molecule has 1 aromatic carbocycles. The van der Waals surface area contributed by atoms with E-state index in [4.69, 9.17) is 0 Å². The molecule has 3 saturated carbocycles. The Morgan fingerprint density at radius 1 is 1.23 bits per heavy atom. The molecule has 0 radical (unpaired) electrons. The molecule has 2 heteroatoms. The number of aldehydes is 1. The van der Waals surface area contributed by atoms with Gasteiger partial charge in [-0.25, -0.2) is 0 Å². The number of ketones is 1. The van der Waals surface area contributed by atoms with Crippen molar-refractivity contribution in [3.05, 3.63) is 34.9 Å². The van der Waals surface area contributed by atoms with Gasteiger partial charge in [0.25, 0.3) is 0 Å². The first kappa shape index (κ1) is 20.9. The van der Waals surface area contributed by atoms with Crippen molar-refractivity contribution in [1.29, 1.82) is 0 Å². The van der Waals surface area contributed by atoms with E-state index >= 15 is 0 Å². The van der Waals surface area contributed by atoms with Crippen LogP contribution in [0.15, 0.2) is 18.2 Å². The Balaban J connectivity index is 0.000000256. The van der Waals surface area contributed by atoms with E-state index in [9.17, 15) is 9.59 Å². The first-order valence-corrected chi connectivity index (χ1v) is 10.6. The molecule has 0 heterocycles. The van der Waals surface area contributed by atoms with Crippen LogP contribution in [0.25, 0.3) is 0 Å². The van der Waals surface area contributed by atoms with Gasteiger partial charge in [0.2, 0.25) is 0 Å². The van der Waals surface area contributed by atoms with Crippen molar-refractivity contribution in [2.45, 2.75) is 90.9 Å². The lowest BCUT2D eigenvalue weighted by Crippen LogP contribution is -2.35. The largest absolute Gasteiger partial charge is 0.302 e. The van der Waals surface area contributed by atoms with Gasteiger partial charge in [-0.1, -0.05) is 51.8 Å². The Kier molecular flexibility index (Phi) is 7.20. The van der Waals surface area contributed by atoms with E-state index in [1.807, 2.05) is 13.8 Å². The predicted molar refractivity (Wildman–Crippen MR) is 109 cm³/mol. The average Bonchev–Trinajstić information content (AvgIpc) is 3.50. The number of carbonyl (C=O) groups excluding carboxylic acids is 2. The third-order valence-corrected chi connectivity index (χ3v) is 6.32. The van der Waals surface area contributed by atoms with Crippen LogP contribution in [0.1, 0.15) is 95.2 Å². The first-order valence-electron chi connectivity index (χ1n) is 10.6. The van der Waals surface area contributed by atoms with Crippen molar-refractivity contribution in [3.8, 4) is 0 Å². The predicted octanol–water partition coefficient (Wildman–Crippen LogP) is 6.14. The number of aryl methyl sites for hydroxylation is 1. The van der Waals surface area contributed by atoms with Gasteiger partial charge in [0.15, 0.2) is 0 Å². The smallest absolute Gasteiger partial charge is 0.132 e. The normalized spacial score (nSPS) is 24.8. The molecule has 0 bridgehead atoms. The molecule has 4 rings (SSSR count). The first-order chi connectivity index (χ1) is 12.5. The zero-order valence-corrected chi connectivity index (χ0v) is 17.3. The maximum atomic E-state index is 11.4. The highest BCUT2D eigenvalue weighted by atomic mass is 16.1. The Morgan fingerprint density at radius 3 is 2.23 bits per heavy atom. The van der Waals surface area contributed by atoms with Crippen LogP contribution in [0.3, 0.4) is 0 Å². The summed E-state index contributed by atoms with van der Waals surface area (Å²) < 4.78 is 0. The zero-order valence-electron chi connectivity index (χ0n) is 17.3. The molecule has 0 saturated heterocycles. The van der Waals surface area contributed by atoms with Gasteiger partial charge in [-0.15, -0.1) is 0 Å². The summed E-state index contributed by atoms with van der Waals surface area (Å²) in [5, 5.41) is 0. The zero-order chi connectivity index (χ0) is 19.3. The van der Waals surface area contributed by atoms with Crippen LogP contribution in [-0.2, 0) is 15.0 Å². The van der Waals surface area contributed by atoms with Crippen LogP contribution in [0.2, 0.25) is 0 Å². The van der Waals surface area contributed by atoms with Crippen LogP contribution in [-0.4, -0.2) is 12.1 Å². The van der Waals surface area contributed by atoms with E-state index in [1.165, 1.54) is 42.2 Å². The molecule has 1 aromatic rings. The molecule has 2 atom stereocenters. The monoisotopic (exact) mass is 356 g/mol. The molecule has 3 aliphatic rings. The quantitative estimate of drug-likeness (QED) is 0.594. The third-order valence-electron chi connectivity index (χ3n) is 6.32. The molecule has 2 unspecified atom stereocenters. The summed E-state index contributed by atoms with van der Waals surface area (Å²) >= 11 is 0. The number of carbonyl (C=O) groups is 2. The highest BCUT2D eigenvalue weighted by Gasteiger charge is 2.41. The number of Topliss-reactive ketones (excluding diaryl/α,β-unsaturated/α-hetero) is 1. The average molecular weight is 357 g/mol. The molecule has 2 nitrogen and oxygen atoms in total. The fourth-order valence-electron chi connectivity index (χ4n) is 3.95. The maximum Gasteiger partial charge on any atom is 0.132 e. The minimum atomic E-state index is -0.140. The van der Waals surface area contributed by atoms with Crippen molar-refractivity contribution in [2.24, 2.45) is 11.8 Å². The topological polar surface area (TPSA) is 34.1 Å². The molecule has 0 amide bonds. The number of hydrogen-bond donors (Lipinski definition) is 0. The maximum absolute atomic E-state index is 11.4. The molecule has 0 spiro atoms. The molecule has 144 valence electrons. The van der Waals surface area contributed by atoms with Crippen LogP contribution >= 0.6 is 0 Å². The molecular formula is C24H36O2. The summed E-state index contributed by atoms with van der Waals surface area (Å²) in [5.41, 5.74) is 4.04. The molecule has 3 fully saturated rings. The minimum absolute atomic E-state index is 0.140. The van der Waals surface area contributed by atoms with E-state index in [2.05, 4.69) is 32.0 Å². The summed E-state index contributed by atoms with van der Waals surface area (Å²) in [6, 6.07) is 6.73. The second kappa shape index (κ2) is 8.97. The highest BCUT2D eigenvalue weighted by molar-refractivity contribution is 5.80. The van der Waals surface area contributed by atoms with Crippen molar-refractivity contribution >= 4 is 12.1 Å². The lowest BCUT2D eigenvalue weighted by Gasteiger charge is -2.37. The second-order valence-electron chi connectivity index (χ2n) is 8.09. The van der Waals surface area contributed by atoms with E-state index in [0.29, 0.717) is 11.7 Å². The van der Waals surface area contributed by atoms with Gasteiger partial charge in [-0.2, -0.15) is 0 Å². The van der Waals surface area contributed by atoms with Gasteiger partial charge in [-0.05, 0) is 74.5 Å². The summed E-state index contributed by atoms with van der Waals surface area (Å²) in [6.45, 7) is 10.2. The Bertz CT molecular complexity index is 623. The molecule has 3 aliphatic carbocycles. The summed E-state index contributed by atoms with van der Waals surface area (Å²) in [4.78, 5) is 21.6. The van der Waals surface area contributed by atoms with Crippen LogP contribution in [0, 0.1) is 18.8 Å². The van der Waals surface area contributed by atoms with E-state index in [0.717, 1.165) is 37.5 Å². The molecule has 0 N–H and O–H groups in total. The van der Waals surface area contributed by atoms with E-state index in [-0.39, 0.29) is 5.41 Å². The molecule has 26 heavy (non-hydrogen) atoms. The van der Waals surface area contributed by atoms with Crippen molar-refractivity contribution in [2.75, 3.05) is 0 Å². The van der Waals surface area contributed by atoms with Gasteiger partial charge >= 0.3 is 0 Å². The Labute approximate surface area is 159 Å². The Hall–Kier alpha value is -1.44. The van der Waals surface area contributed by atoms with Gasteiger partial charge in [0, 0.05) is 5.92 Å². The summed E-state index contributed by atoms with van der Waals surface area (Å²) in [7, 11) is 0. The Morgan fingerprint density at radius 2 is 1.88 bits per heavy atom. The van der Waals surface area contributed by atoms with Gasteiger partial charge in [0.05, 0.1) is 5.41 Å². The molecular weight excluding hydrogens is 320 g/mol.